The van der Waals surface area contributed by atoms with Gasteiger partial charge in [0.2, 0.25) is 0 Å². The minimum atomic E-state index is -0.209. The van der Waals surface area contributed by atoms with Crippen molar-refractivity contribution >= 4 is 17.3 Å². The molecule has 1 aromatic rings. The molecule has 0 saturated carbocycles. The predicted octanol–water partition coefficient (Wildman–Crippen LogP) is 1.53. The zero-order valence-electron chi connectivity index (χ0n) is 9.27. The van der Waals surface area contributed by atoms with Gasteiger partial charge in [-0.15, -0.1) is 11.3 Å². The fraction of sp³-hybridized carbons (Fsp3) is 0.600. The van der Waals surface area contributed by atoms with Crippen LogP contribution in [0.25, 0.3) is 0 Å². The third kappa shape index (κ3) is 3.97. The van der Waals surface area contributed by atoms with Crippen LogP contribution in [0.5, 0.6) is 0 Å². The average molecular weight is 228 g/mol. The lowest BCUT2D eigenvalue weighted by molar-refractivity contribution is -0.142. The molecular weight excluding hydrogens is 212 g/mol. The number of rotatable bonds is 5. The Balaban J connectivity index is 2.55. The van der Waals surface area contributed by atoms with Gasteiger partial charge in [0.05, 0.1) is 24.9 Å². The van der Waals surface area contributed by atoms with Gasteiger partial charge in [-0.3, -0.25) is 9.69 Å². The number of hydrogen-bond donors (Lipinski definition) is 0. The van der Waals surface area contributed by atoms with Crippen molar-refractivity contribution in [2.75, 3.05) is 13.7 Å². The summed E-state index contributed by atoms with van der Waals surface area (Å²) in [6.07, 6.45) is 0. The Morgan fingerprint density at radius 3 is 2.87 bits per heavy atom. The molecule has 0 fully saturated rings. The first kappa shape index (κ1) is 12.1. The molecule has 0 aliphatic rings. The van der Waals surface area contributed by atoms with Crippen LogP contribution in [0.4, 0.5) is 0 Å². The lowest BCUT2D eigenvalue weighted by atomic mass is 10.3. The third-order valence-corrected chi connectivity index (χ3v) is 2.77. The quantitative estimate of drug-likeness (QED) is 0.717. The molecule has 0 amide bonds. The van der Waals surface area contributed by atoms with Gasteiger partial charge in [0.25, 0.3) is 0 Å². The minimum Gasteiger partial charge on any atom is -0.468 e. The Morgan fingerprint density at radius 2 is 2.40 bits per heavy atom. The van der Waals surface area contributed by atoms with E-state index >= 15 is 0 Å². The standard InChI is InChI=1S/C10H16N2O2S/c1-8(2)12(5-10(13)14-3)4-9-6-15-7-11-9/h6-8H,4-5H2,1-3H3. The second kappa shape index (κ2) is 5.82. The van der Waals surface area contributed by atoms with Crippen molar-refractivity contribution in [3.05, 3.63) is 16.6 Å². The van der Waals surface area contributed by atoms with E-state index in [4.69, 9.17) is 0 Å². The lowest BCUT2D eigenvalue weighted by Gasteiger charge is -2.23. The summed E-state index contributed by atoms with van der Waals surface area (Å²) >= 11 is 1.56. The topological polar surface area (TPSA) is 42.4 Å². The van der Waals surface area contributed by atoms with Crippen LogP contribution in [-0.4, -0.2) is 35.5 Å². The molecule has 0 saturated heterocycles. The molecule has 0 unspecified atom stereocenters. The van der Waals surface area contributed by atoms with Crippen LogP contribution < -0.4 is 0 Å². The monoisotopic (exact) mass is 228 g/mol. The summed E-state index contributed by atoms with van der Waals surface area (Å²) in [4.78, 5) is 17.4. The number of hydrogen-bond acceptors (Lipinski definition) is 5. The predicted molar refractivity (Wildman–Crippen MR) is 59.7 cm³/mol. The van der Waals surface area contributed by atoms with Gasteiger partial charge >= 0.3 is 5.97 Å². The van der Waals surface area contributed by atoms with Gasteiger partial charge < -0.3 is 4.74 Å². The molecule has 0 aliphatic carbocycles. The fourth-order valence-corrected chi connectivity index (χ4v) is 1.72. The van der Waals surface area contributed by atoms with Crippen LogP contribution in [0.15, 0.2) is 10.9 Å². The molecular formula is C10H16N2O2S. The van der Waals surface area contributed by atoms with E-state index in [9.17, 15) is 4.79 Å². The molecule has 5 heteroatoms. The van der Waals surface area contributed by atoms with Gasteiger partial charge in [0, 0.05) is 18.0 Å². The molecule has 1 rings (SSSR count). The maximum absolute atomic E-state index is 11.2. The highest BCUT2D eigenvalue weighted by Crippen LogP contribution is 2.08. The van der Waals surface area contributed by atoms with Crippen molar-refractivity contribution in [3.8, 4) is 0 Å². The number of carbonyl (C=O) groups excluding carboxylic acids is 1. The van der Waals surface area contributed by atoms with Crippen LogP contribution in [0.3, 0.4) is 0 Å². The van der Waals surface area contributed by atoms with Crippen molar-refractivity contribution in [1.29, 1.82) is 0 Å². The van der Waals surface area contributed by atoms with Gasteiger partial charge in [-0.05, 0) is 13.8 Å². The zero-order valence-corrected chi connectivity index (χ0v) is 10.1. The van der Waals surface area contributed by atoms with Crippen molar-refractivity contribution in [2.24, 2.45) is 0 Å². The Morgan fingerprint density at radius 1 is 1.67 bits per heavy atom. The second-order valence-electron chi connectivity index (χ2n) is 3.55. The van der Waals surface area contributed by atoms with E-state index in [1.807, 2.05) is 10.3 Å². The molecule has 0 radical (unpaired) electrons. The molecule has 0 spiro atoms. The SMILES string of the molecule is COC(=O)CN(Cc1cscn1)C(C)C. The van der Waals surface area contributed by atoms with Gasteiger partial charge in [0.1, 0.15) is 0 Å². The summed E-state index contributed by atoms with van der Waals surface area (Å²) < 4.78 is 4.65. The van der Waals surface area contributed by atoms with Crippen molar-refractivity contribution < 1.29 is 9.53 Å². The molecule has 0 aromatic carbocycles. The Labute approximate surface area is 93.9 Å². The molecule has 0 bridgehead atoms. The van der Waals surface area contributed by atoms with Gasteiger partial charge in [-0.25, -0.2) is 4.98 Å². The third-order valence-electron chi connectivity index (χ3n) is 2.14. The van der Waals surface area contributed by atoms with Crippen molar-refractivity contribution in [3.63, 3.8) is 0 Å². The summed E-state index contributed by atoms with van der Waals surface area (Å²) in [5, 5.41) is 1.99. The maximum Gasteiger partial charge on any atom is 0.319 e. The van der Waals surface area contributed by atoms with E-state index in [0.717, 1.165) is 5.69 Å². The summed E-state index contributed by atoms with van der Waals surface area (Å²) in [7, 11) is 1.41. The molecule has 4 nitrogen and oxygen atoms in total. The molecule has 84 valence electrons. The number of ether oxygens (including phenoxy) is 1. The van der Waals surface area contributed by atoms with Crippen LogP contribution >= 0.6 is 11.3 Å². The van der Waals surface area contributed by atoms with Crippen molar-refractivity contribution in [2.45, 2.75) is 26.4 Å². The van der Waals surface area contributed by atoms with Crippen LogP contribution in [0, 0.1) is 0 Å². The molecule has 1 aromatic heterocycles. The number of methoxy groups -OCH3 is 1. The van der Waals surface area contributed by atoms with E-state index in [1.165, 1.54) is 7.11 Å². The number of nitrogens with zero attached hydrogens (tertiary/aromatic N) is 2. The maximum atomic E-state index is 11.2. The van der Waals surface area contributed by atoms with E-state index in [2.05, 4.69) is 23.6 Å². The highest BCUT2D eigenvalue weighted by atomic mass is 32.1. The van der Waals surface area contributed by atoms with E-state index < -0.39 is 0 Å². The summed E-state index contributed by atoms with van der Waals surface area (Å²) in [5.41, 5.74) is 2.80. The summed E-state index contributed by atoms with van der Waals surface area (Å²) in [6, 6.07) is 0.297. The first-order chi connectivity index (χ1) is 7.13. The molecule has 1 heterocycles. The van der Waals surface area contributed by atoms with Crippen LogP contribution in [0.2, 0.25) is 0 Å². The second-order valence-corrected chi connectivity index (χ2v) is 4.27. The van der Waals surface area contributed by atoms with E-state index in [0.29, 0.717) is 19.1 Å². The Hall–Kier alpha value is -0.940. The first-order valence-electron chi connectivity index (χ1n) is 4.81. The summed E-state index contributed by atoms with van der Waals surface area (Å²) in [5.74, 6) is -0.209. The summed E-state index contributed by atoms with van der Waals surface area (Å²) in [6.45, 7) is 5.10. The molecule has 15 heavy (non-hydrogen) atoms. The highest BCUT2D eigenvalue weighted by molar-refractivity contribution is 7.07. The number of esters is 1. The van der Waals surface area contributed by atoms with Gasteiger partial charge in [0.15, 0.2) is 0 Å². The molecule has 0 atom stereocenters. The van der Waals surface area contributed by atoms with E-state index in [1.54, 1.807) is 16.8 Å². The van der Waals surface area contributed by atoms with Crippen LogP contribution in [-0.2, 0) is 16.1 Å². The van der Waals surface area contributed by atoms with E-state index in [-0.39, 0.29) is 5.97 Å². The normalized spacial score (nSPS) is 11.0. The lowest BCUT2D eigenvalue weighted by Crippen LogP contribution is -2.35. The smallest absolute Gasteiger partial charge is 0.319 e. The van der Waals surface area contributed by atoms with Crippen molar-refractivity contribution in [1.82, 2.24) is 9.88 Å². The van der Waals surface area contributed by atoms with Gasteiger partial charge in [-0.1, -0.05) is 0 Å². The molecule has 0 aliphatic heterocycles. The highest BCUT2D eigenvalue weighted by Gasteiger charge is 2.15. The molecule has 0 N–H and O–H groups in total. The first-order valence-corrected chi connectivity index (χ1v) is 5.75. The zero-order chi connectivity index (χ0) is 11.3. The van der Waals surface area contributed by atoms with Gasteiger partial charge in [-0.2, -0.15) is 0 Å². The number of aromatic nitrogens is 1. The minimum absolute atomic E-state index is 0.209. The van der Waals surface area contributed by atoms with Crippen LogP contribution in [0.1, 0.15) is 19.5 Å². The Bertz CT molecular complexity index is 298. The number of carbonyl (C=O) groups is 1. The average Bonchev–Trinajstić information content (AvgIpc) is 2.69. The Kier molecular flexibility index (Phi) is 4.71. The number of thiazole rings is 1. The largest absolute Gasteiger partial charge is 0.468 e. The fourth-order valence-electron chi connectivity index (χ4n) is 1.18.